The molecule has 0 saturated heterocycles. The van der Waals surface area contributed by atoms with E-state index in [0.29, 0.717) is 47.2 Å². The number of aromatic amines is 2. The molecule has 0 aliphatic carbocycles. The summed E-state index contributed by atoms with van der Waals surface area (Å²) in [5.74, 6) is 5.31. The van der Waals surface area contributed by atoms with Crippen LogP contribution in [-0.4, -0.2) is 30.4 Å². The van der Waals surface area contributed by atoms with Gasteiger partial charge in [-0.05, 0) is 75.0 Å². The third-order valence-corrected chi connectivity index (χ3v) is 9.09. The normalized spacial score (nSPS) is 12.2. The van der Waals surface area contributed by atoms with E-state index in [1.165, 1.54) is 44.5 Å². The SMILES string of the molecule is CC(C)c1cc(C(C)C)c(-c2nc(-c3cccc(-c4n[nH]c(-c5c(C(C)C)cc(C(C)C)cc5C(C)C)n4)c3)n[nH]2)c(C(C)C)c1. The molecule has 3 aromatic carbocycles. The van der Waals surface area contributed by atoms with E-state index in [-0.39, 0.29) is 0 Å². The van der Waals surface area contributed by atoms with Gasteiger partial charge in [0.15, 0.2) is 23.3 Å². The molecular weight excluding hydrogens is 564 g/mol. The first kappa shape index (κ1) is 33.3. The average Bonchev–Trinajstić information content (AvgIpc) is 3.70. The van der Waals surface area contributed by atoms with Gasteiger partial charge in [-0.2, -0.15) is 10.2 Å². The second kappa shape index (κ2) is 13.4. The van der Waals surface area contributed by atoms with Crippen molar-refractivity contribution < 1.29 is 0 Å². The van der Waals surface area contributed by atoms with Crippen LogP contribution in [0.25, 0.3) is 45.6 Å². The molecule has 242 valence electrons. The fourth-order valence-electron chi connectivity index (χ4n) is 6.26. The maximum Gasteiger partial charge on any atom is 0.181 e. The molecule has 5 aromatic rings. The number of benzene rings is 3. The minimum Gasteiger partial charge on any atom is -0.259 e. The van der Waals surface area contributed by atoms with Crippen LogP contribution >= 0.6 is 0 Å². The molecule has 6 heteroatoms. The summed E-state index contributed by atoms with van der Waals surface area (Å²) in [6.45, 7) is 27.1. The Hall–Kier alpha value is -4.06. The highest BCUT2D eigenvalue weighted by atomic mass is 15.2. The Morgan fingerprint density at radius 2 is 0.761 bits per heavy atom. The summed E-state index contributed by atoms with van der Waals surface area (Å²) in [7, 11) is 0. The summed E-state index contributed by atoms with van der Waals surface area (Å²) in [5, 5.41) is 16.0. The molecule has 0 bridgehead atoms. The third kappa shape index (κ3) is 6.58. The molecule has 5 rings (SSSR count). The molecular formula is C40H52N6. The van der Waals surface area contributed by atoms with Crippen LogP contribution in [0.4, 0.5) is 0 Å². The smallest absolute Gasteiger partial charge is 0.181 e. The zero-order chi connectivity index (χ0) is 33.4. The molecule has 0 unspecified atom stereocenters. The van der Waals surface area contributed by atoms with Gasteiger partial charge in [0.05, 0.1) is 0 Å². The first-order valence-corrected chi connectivity index (χ1v) is 17.1. The van der Waals surface area contributed by atoms with Gasteiger partial charge in [0.25, 0.3) is 0 Å². The predicted molar refractivity (Wildman–Crippen MR) is 193 cm³/mol. The lowest BCUT2D eigenvalue weighted by Gasteiger charge is -2.21. The zero-order valence-corrected chi connectivity index (χ0v) is 29.9. The van der Waals surface area contributed by atoms with E-state index in [0.717, 1.165) is 22.8 Å². The molecule has 0 fully saturated rings. The minimum atomic E-state index is 0.358. The number of hydrogen-bond acceptors (Lipinski definition) is 4. The van der Waals surface area contributed by atoms with E-state index in [1.54, 1.807) is 0 Å². The summed E-state index contributed by atoms with van der Waals surface area (Å²) in [4.78, 5) is 10.1. The van der Waals surface area contributed by atoms with E-state index in [4.69, 9.17) is 20.2 Å². The summed E-state index contributed by atoms with van der Waals surface area (Å²) >= 11 is 0. The van der Waals surface area contributed by atoms with E-state index in [2.05, 4.69) is 136 Å². The quantitative estimate of drug-likeness (QED) is 0.163. The zero-order valence-electron chi connectivity index (χ0n) is 29.9. The standard InChI is InChI=1S/C40H52N6/c1-21(2)29-17-31(23(5)6)35(32(18-29)24(7)8)39-41-37(43-45-39)27-14-13-15-28(16-27)38-42-40(46-44-38)36-33(25(9)10)19-30(22(3)4)20-34(36)26(11)12/h13-26H,1-12H3,(H,41,43,45)(H,42,44,46). The van der Waals surface area contributed by atoms with Crippen molar-refractivity contribution >= 4 is 0 Å². The summed E-state index contributed by atoms with van der Waals surface area (Å²) < 4.78 is 0. The third-order valence-electron chi connectivity index (χ3n) is 9.09. The number of nitrogens with one attached hydrogen (secondary N) is 2. The van der Waals surface area contributed by atoms with Crippen molar-refractivity contribution in [1.29, 1.82) is 0 Å². The minimum absolute atomic E-state index is 0.358. The lowest BCUT2D eigenvalue weighted by Crippen LogP contribution is -2.04. The Kier molecular flexibility index (Phi) is 9.67. The van der Waals surface area contributed by atoms with Gasteiger partial charge >= 0.3 is 0 Å². The predicted octanol–water partition coefficient (Wildman–Crippen LogP) is 11.3. The lowest BCUT2D eigenvalue weighted by molar-refractivity contribution is 0.805. The van der Waals surface area contributed by atoms with E-state index in [9.17, 15) is 0 Å². The molecule has 0 atom stereocenters. The largest absolute Gasteiger partial charge is 0.259 e. The first-order valence-electron chi connectivity index (χ1n) is 17.1. The van der Waals surface area contributed by atoms with Gasteiger partial charge < -0.3 is 0 Å². The first-order chi connectivity index (χ1) is 21.8. The second-order valence-corrected chi connectivity index (χ2v) is 14.7. The van der Waals surface area contributed by atoms with Crippen molar-refractivity contribution in [3.8, 4) is 45.6 Å². The van der Waals surface area contributed by atoms with Gasteiger partial charge in [0.1, 0.15) is 0 Å². The molecule has 2 aromatic heterocycles. The fraction of sp³-hybridized carbons (Fsp3) is 0.450. The van der Waals surface area contributed by atoms with Crippen molar-refractivity contribution in [3.63, 3.8) is 0 Å². The monoisotopic (exact) mass is 616 g/mol. The second-order valence-electron chi connectivity index (χ2n) is 14.7. The highest BCUT2D eigenvalue weighted by molar-refractivity contribution is 5.73. The van der Waals surface area contributed by atoms with Gasteiger partial charge in [-0.15, -0.1) is 0 Å². The van der Waals surface area contributed by atoms with Crippen LogP contribution in [0.15, 0.2) is 48.5 Å². The summed E-state index contributed by atoms with van der Waals surface area (Å²) in [5.41, 5.74) is 12.2. The Bertz CT molecular complexity index is 1630. The number of nitrogens with zero attached hydrogens (tertiary/aromatic N) is 4. The number of rotatable bonds is 10. The molecule has 0 spiro atoms. The summed E-state index contributed by atoms with van der Waals surface area (Å²) in [6.07, 6.45) is 0. The number of hydrogen-bond donors (Lipinski definition) is 2. The Morgan fingerprint density at radius 1 is 0.435 bits per heavy atom. The fourth-order valence-corrected chi connectivity index (χ4v) is 6.26. The molecule has 0 radical (unpaired) electrons. The highest BCUT2D eigenvalue weighted by Crippen LogP contribution is 2.40. The van der Waals surface area contributed by atoms with Crippen molar-refractivity contribution in [2.75, 3.05) is 0 Å². The molecule has 0 saturated carbocycles. The van der Waals surface area contributed by atoms with Gasteiger partial charge in [0.2, 0.25) is 0 Å². The van der Waals surface area contributed by atoms with Crippen LogP contribution in [0.3, 0.4) is 0 Å². The molecule has 0 aliphatic heterocycles. The van der Waals surface area contributed by atoms with E-state index < -0.39 is 0 Å². The molecule has 0 aliphatic rings. The van der Waals surface area contributed by atoms with Crippen molar-refractivity contribution in [2.24, 2.45) is 0 Å². The average molecular weight is 617 g/mol. The molecule has 6 nitrogen and oxygen atoms in total. The van der Waals surface area contributed by atoms with Crippen LogP contribution in [0, 0.1) is 0 Å². The van der Waals surface area contributed by atoms with Gasteiger partial charge in [-0.3, -0.25) is 10.2 Å². The van der Waals surface area contributed by atoms with Gasteiger partial charge in [-0.1, -0.05) is 126 Å². The lowest BCUT2D eigenvalue weighted by atomic mass is 9.84. The summed E-state index contributed by atoms with van der Waals surface area (Å²) in [6, 6.07) is 17.6. The van der Waals surface area contributed by atoms with Crippen molar-refractivity contribution in [3.05, 3.63) is 81.9 Å². The van der Waals surface area contributed by atoms with Gasteiger partial charge in [0, 0.05) is 22.3 Å². The topological polar surface area (TPSA) is 83.1 Å². The Balaban J connectivity index is 1.55. The number of aromatic nitrogens is 6. The van der Waals surface area contributed by atoms with Gasteiger partial charge in [-0.25, -0.2) is 9.97 Å². The van der Waals surface area contributed by atoms with E-state index >= 15 is 0 Å². The maximum atomic E-state index is 5.07. The highest BCUT2D eigenvalue weighted by Gasteiger charge is 2.23. The van der Waals surface area contributed by atoms with Crippen molar-refractivity contribution in [2.45, 2.75) is 119 Å². The van der Waals surface area contributed by atoms with Crippen LogP contribution in [0.2, 0.25) is 0 Å². The van der Waals surface area contributed by atoms with Crippen LogP contribution < -0.4 is 0 Å². The van der Waals surface area contributed by atoms with Crippen LogP contribution in [0.1, 0.15) is 152 Å². The molecule has 2 heterocycles. The molecule has 2 N–H and O–H groups in total. The van der Waals surface area contributed by atoms with Crippen molar-refractivity contribution in [1.82, 2.24) is 30.4 Å². The van der Waals surface area contributed by atoms with Crippen LogP contribution in [-0.2, 0) is 0 Å². The Morgan fingerprint density at radius 3 is 1.04 bits per heavy atom. The van der Waals surface area contributed by atoms with Crippen LogP contribution in [0.5, 0.6) is 0 Å². The van der Waals surface area contributed by atoms with E-state index in [1.807, 2.05) is 6.07 Å². The molecule has 0 amide bonds. The maximum absolute atomic E-state index is 5.07. The molecule has 46 heavy (non-hydrogen) atoms. The Labute approximate surface area is 275 Å². The number of H-pyrrole nitrogens is 2.